The molecule has 1 aromatic carbocycles. The molecule has 15 nitrogen and oxygen atoms in total. The number of carbonyl (C=O) groups is 3. The highest BCUT2D eigenvalue weighted by Crippen LogP contribution is 2.19. The van der Waals surface area contributed by atoms with Gasteiger partial charge in [-0.05, 0) is 30.7 Å². The van der Waals surface area contributed by atoms with Gasteiger partial charge < -0.3 is 31.5 Å². The summed E-state index contributed by atoms with van der Waals surface area (Å²) in [5.41, 5.74) is 13.5. The van der Waals surface area contributed by atoms with E-state index in [0.717, 1.165) is 5.69 Å². The Morgan fingerprint density at radius 1 is 1.13 bits per heavy atom. The average molecular weight is 518 g/mol. The number of benzene rings is 1. The average Bonchev–Trinajstić information content (AvgIpc) is 2.89. The van der Waals surface area contributed by atoms with Gasteiger partial charge in [-0.2, -0.15) is 20.5 Å². The second-order valence-electron chi connectivity index (χ2n) is 7.94. The van der Waals surface area contributed by atoms with E-state index in [0.29, 0.717) is 17.8 Å². The number of anilines is 3. The van der Waals surface area contributed by atoms with Crippen LogP contribution in [-0.2, 0) is 20.9 Å². The highest BCUT2D eigenvalue weighted by atomic mass is 16.5. The van der Waals surface area contributed by atoms with Gasteiger partial charge in [-0.1, -0.05) is 0 Å². The number of carboxylic acids is 1. The SMILES string of the molecule is CN(Cc1cnc2nc(N)nc(N)c2n1)c1ccc(C(=O)N[C@@H](CCC(=O)O)C(=O)OC(C#N)C#N)cc1. The number of fused-ring (bicyclic) bond motifs is 1. The third-order valence-electron chi connectivity index (χ3n) is 5.18. The summed E-state index contributed by atoms with van der Waals surface area (Å²) in [5, 5.41) is 28.9. The summed E-state index contributed by atoms with van der Waals surface area (Å²) >= 11 is 0. The molecule has 0 spiro atoms. The van der Waals surface area contributed by atoms with Crippen LogP contribution in [-0.4, -0.2) is 62.1 Å². The van der Waals surface area contributed by atoms with Crippen LogP contribution in [0, 0.1) is 22.7 Å². The molecule has 15 heteroatoms. The maximum absolute atomic E-state index is 12.7. The molecular formula is C23H22N10O5. The van der Waals surface area contributed by atoms with Gasteiger partial charge in [0.2, 0.25) is 5.95 Å². The minimum Gasteiger partial charge on any atom is -0.481 e. The minimum atomic E-state index is -1.68. The lowest BCUT2D eigenvalue weighted by Gasteiger charge is -2.20. The fraction of sp³-hybridized carbons (Fsp3) is 0.261. The first-order valence-corrected chi connectivity index (χ1v) is 11.0. The molecule has 6 N–H and O–H groups in total. The summed E-state index contributed by atoms with van der Waals surface area (Å²) in [6.45, 7) is 0.334. The van der Waals surface area contributed by atoms with E-state index in [1.54, 1.807) is 19.2 Å². The zero-order valence-corrected chi connectivity index (χ0v) is 20.0. The standard InChI is InChI=1S/C23H22N10O5/c1-33(11-13-10-28-20-18(29-13)19(26)31-23(27)32-20)14-4-2-12(3-5-14)21(36)30-16(6-7-17(34)35)22(37)38-15(8-24)9-25/h2-5,10,15-16H,6-7,11H2,1H3,(H,30,36)(H,34,35)(H4,26,27,28,31,32)/t16-/m0/s1. The zero-order valence-electron chi connectivity index (χ0n) is 20.0. The van der Waals surface area contributed by atoms with E-state index in [1.165, 1.54) is 30.5 Å². The molecule has 0 saturated carbocycles. The fourth-order valence-corrected chi connectivity index (χ4v) is 3.30. The topological polar surface area (TPSA) is 247 Å². The molecule has 0 saturated heterocycles. The number of nitriles is 2. The van der Waals surface area contributed by atoms with Crippen LogP contribution in [0.15, 0.2) is 30.5 Å². The van der Waals surface area contributed by atoms with Crippen LogP contribution in [0.3, 0.4) is 0 Å². The van der Waals surface area contributed by atoms with Gasteiger partial charge in [0.1, 0.15) is 18.2 Å². The number of nitrogen functional groups attached to an aromatic ring is 2. The summed E-state index contributed by atoms with van der Waals surface area (Å²) in [6, 6.07) is 7.91. The van der Waals surface area contributed by atoms with E-state index in [2.05, 4.69) is 25.3 Å². The highest BCUT2D eigenvalue weighted by molar-refractivity contribution is 5.97. The quantitative estimate of drug-likeness (QED) is 0.261. The lowest BCUT2D eigenvalue weighted by Crippen LogP contribution is -2.43. The Balaban J connectivity index is 1.69. The normalized spacial score (nSPS) is 11.3. The van der Waals surface area contributed by atoms with Gasteiger partial charge in [-0.3, -0.25) is 9.59 Å². The van der Waals surface area contributed by atoms with Crippen LogP contribution < -0.4 is 21.7 Å². The largest absolute Gasteiger partial charge is 0.481 e. The van der Waals surface area contributed by atoms with E-state index in [1.807, 2.05) is 4.90 Å². The van der Waals surface area contributed by atoms with Crippen molar-refractivity contribution in [3.63, 3.8) is 0 Å². The summed E-state index contributed by atoms with van der Waals surface area (Å²) in [7, 11) is 1.79. The van der Waals surface area contributed by atoms with Crippen LogP contribution in [0.5, 0.6) is 0 Å². The first kappa shape index (κ1) is 27.0. The molecule has 2 heterocycles. The van der Waals surface area contributed by atoms with Gasteiger partial charge >= 0.3 is 11.9 Å². The van der Waals surface area contributed by atoms with Crippen molar-refractivity contribution in [2.24, 2.45) is 0 Å². The number of amides is 1. The fourth-order valence-electron chi connectivity index (χ4n) is 3.30. The molecule has 1 amide bonds. The number of hydrogen-bond donors (Lipinski definition) is 4. The Morgan fingerprint density at radius 2 is 1.82 bits per heavy atom. The van der Waals surface area contributed by atoms with E-state index in [4.69, 9.17) is 31.8 Å². The summed E-state index contributed by atoms with van der Waals surface area (Å²) in [4.78, 5) is 54.3. The predicted octanol–water partition coefficient (Wildman–Crippen LogP) is 0.143. The van der Waals surface area contributed by atoms with Crippen molar-refractivity contribution < 1.29 is 24.2 Å². The second kappa shape index (κ2) is 11.9. The summed E-state index contributed by atoms with van der Waals surface area (Å²) in [6.07, 6.45) is -0.891. The lowest BCUT2D eigenvalue weighted by molar-refractivity contribution is -0.147. The molecule has 38 heavy (non-hydrogen) atoms. The number of nitrogens with two attached hydrogens (primary N) is 2. The third-order valence-corrected chi connectivity index (χ3v) is 5.18. The maximum Gasteiger partial charge on any atom is 0.330 e. The number of ether oxygens (including phenoxy) is 1. The molecule has 0 bridgehead atoms. The number of esters is 1. The van der Waals surface area contributed by atoms with Gasteiger partial charge in [0.25, 0.3) is 12.0 Å². The monoisotopic (exact) mass is 518 g/mol. The number of hydrogen-bond acceptors (Lipinski definition) is 13. The Labute approximate surface area is 215 Å². The Hall–Kier alpha value is -5.57. The molecule has 3 rings (SSSR count). The van der Waals surface area contributed by atoms with E-state index >= 15 is 0 Å². The molecular weight excluding hydrogens is 496 g/mol. The molecule has 2 aromatic heterocycles. The molecule has 0 aliphatic rings. The number of rotatable bonds is 10. The van der Waals surface area contributed by atoms with E-state index in [-0.39, 0.29) is 29.4 Å². The predicted molar refractivity (Wildman–Crippen MR) is 132 cm³/mol. The molecule has 194 valence electrons. The Kier molecular flexibility index (Phi) is 8.47. The number of carboxylic acid groups (broad SMARTS) is 1. The number of nitrogens with one attached hydrogen (secondary N) is 1. The number of aromatic nitrogens is 4. The summed E-state index contributed by atoms with van der Waals surface area (Å²) < 4.78 is 4.72. The molecule has 3 aromatic rings. The van der Waals surface area contributed by atoms with Crippen LogP contribution in [0.1, 0.15) is 28.9 Å². The lowest BCUT2D eigenvalue weighted by atomic mass is 10.1. The van der Waals surface area contributed by atoms with Crippen molar-refractivity contribution in [3.8, 4) is 12.1 Å². The van der Waals surface area contributed by atoms with Crippen molar-refractivity contribution >= 4 is 46.5 Å². The van der Waals surface area contributed by atoms with Crippen molar-refractivity contribution in [1.82, 2.24) is 25.3 Å². The van der Waals surface area contributed by atoms with Crippen molar-refractivity contribution in [2.75, 3.05) is 23.4 Å². The van der Waals surface area contributed by atoms with E-state index < -0.39 is 36.4 Å². The van der Waals surface area contributed by atoms with Gasteiger partial charge in [-0.25, -0.2) is 14.8 Å². The zero-order chi connectivity index (χ0) is 27.8. The van der Waals surface area contributed by atoms with Crippen molar-refractivity contribution in [1.29, 1.82) is 10.5 Å². The van der Waals surface area contributed by atoms with Gasteiger partial charge in [-0.15, -0.1) is 0 Å². The highest BCUT2D eigenvalue weighted by Gasteiger charge is 2.26. The first-order chi connectivity index (χ1) is 18.1. The van der Waals surface area contributed by atoms with Crippen LogP contribution in [0.4, 0.5) is 17.5 Å². The maximum atomic E-state index is 12.7. The first-order valence-electron chi connectivity index (χ1n) is 11.0. The van der Waals surface area contributed by atoms with Gasteiger partial charge in [0.15, 0.2) is 17.0 Å². The Morgan fingerprint density at radius 3 is 2.45 bits per heavy atom. The molecule has 0 unspecified atom stereocenters. The molecule has 0 fully saturated rings. The van der Waals surface area contributed by atoms with Crippen LogP contribution >= 0.6 is 0 Å². The van der Waals surface area contributed by atoms with Crippen LogP contribution in [0.2, 0.25) is 0 Å². The number of carbonyl (C=O) groups excluding carboxylic acids is 2. The van der Waals surface area contributed by atoms with Crippen molar-refractivity contribution in [2.45, 2.75) is 31.5 Å². The van der Waals surface area contributed by atoms with Gasteiger partial charge in [0.05, 0.1) is 18.4 Å². The molecule has 0 aliphatic carbocycles. The molecule has 0 radical (unpaired) electrons. The number of aliphatic carboxylic acids is 1. The Bertz CT molecular complexity index is 1430. The molecule has 0 aliphatic heterocycles. The summed E-state index contributed by atoms with van der Waals surface area (Å²) in [5.74, 6) is -2.85. The minimum absolute atomic E-state index is 0.00285. The van der Waals surface area contributed by atoms with E-state index in [9.17, 15) is 14.4 Å². The third kappa shape index (κ3) is 6.76. The van der Waals surface area contributed by atoms with Crippen molar-refractivity contribution in [3.05, 3.63) is 41.7 Å². The smallest absolute Gasteiger partial charge is 0.330 e. The molecule has 1 atom stereocenters. The number of nitrogens with zero attached hydrogens (tertiary/aromatic N) is 7. The second-order valence-corrected chi connectivity index (χ2v) is 7.94. The van der Waals surface area contributed by atoms with Crippen LogP contribution in [0.25, 0.3) is 11.2 Å². The van der Waals surface area contributed by atoms with Gasteiger partial charge in [0, 0.05) is 24.7 Å².